The number of unbranched alkanes of at least 4 members (excludes halogenated alkanes) is 2. The van der Waals surface area contributed by atoms with Crippen molar-refractivity contribution >= 4 is 13.6 Å². The van der Waals surface area contributed by atoms with Gasteiger partial charge in [0, 0.05) is 0 Å². The standard InChI is InChI=1S/C10H20NO5P/c1-2-3-4-7-16-10(12)9(11)6-5-8-17(13,14)15/h5-6,9H,2-4,7-8,11H2,1H3,(H2,13,14,15). The highest BCUT2D eigenvalue weighted by Crippen LogP contribution is 2.33. The van der Waals surface area contributed by atoms with Gasteiger partial charge in [-0.1, -0.05) is 31.9 Å². The van der Waals surface area contributed by atoms with E-state index in [1.165, 1.54) is 12.2 Å². The van der Waals surface area contributed by atoms with Gasteiger partial charge in [0.2, 0.25) is 0 Å². The number of carbonyl (C=O) groups excluding carboxylic acids is 1. The van der Waals surface area contributed by atoms with Crippen molar-refractivity contribution in [1.29, 1.82) is 0 Å². The molecule has 0 spiro atoms. The lowest BCUT2D eigenvalue weighted by atomic mass is 10.2. The fourth-order valence-electron chi connectivity index (χ4n) is 1.04. The summed E-state index contributed by atoms with van der Waals surface area (Å²) >= 11 is 0. The van der Waals surface area contributed by atoms with Gasteiger partial charge in [-0.2, -0.15) is 0 Å². The van der Waals surface area contributed by atoms with Gasteiger partial charge in [0.15, 0.2) is 0 Å². The molecule has 0 heterocycles. The number of ether oxygens (including phenoxy) is 1. The van der Waals surface area contributed by atoms with Gasteiger partial charge in [-0.15, -0.1) is 0 Å². The SMILES string of the molecule is CCCCCOC(=O)C(N)C=CCP(=O)(O)O. The van der Waals surface area contributed by atoms with Gasteiger partial charge in [-0.3, -0.25) is 9.36 Å². The summed E-state index contributed by atoms with van der Waals surface area (Å²) in [6, 6.07) is -0.969. The third kappa shape index (κ3) is 10.2. The molecular formula is C10H20NO5P. The Morgan fingerprint density at radius 3 is 2.65 bits per heavy atom. The predicted octanol–water partition coefficient (Wildman–Crippen LogP) is 0.781. The molecule has 0 saturated carbocycles. The summed E-state index contributed by atoms with van der Waals surface area (Å²) in [5, 5.41) is 0. The average molecular weight is 265 g/mol. The maximum Gasteiger partial charge on any atom is 0.329 e. The monoisotopic (exact) mass is 265 g/mol. The minimum absolute atomic E-state index is 0.326. The Bertz CT molecular complexity index is 299. The number of hydrogen-bond acceptors (Lipinski definition) is 4. The molecule has 7 heteroatoms. The Hall–Kier alpha value is -0.680. The Morgan fingerprint density at radius 1 is 1.47 bits per heavy atom. The van der Waals surface area contributed by atoms with Crippen molar-refractivity contribution in [2.45, 2.75) is 32.2 Å². The second-order valence-electron chi connectivity index (χ2n) is 3.68. The van der Waals surface area contributed by atoms with Gasteiger partial charge in [-0.05, 0) is 6.42 Å². The molecule has 0 aliphatic rings. The van der Waals surface area contributed by atoms with E-state index in [4.69, 9.17) is 20.3 Å². The maximum absolute atomic E-state index is 11.3. The van der Waals surface area contributed by atoms with E-state index in [-0.39, 0.29) is 0 Å². The van der Waals surface area contributed by atoms with Crippen LogP contribution in [0.3, 0.4) is 0 Å². The van der Waals surface area contributed by atoms with Gasteiger partial charge in [-0.25, -0.2) is 0 Å². The van der Waals surface area contributed by atoms with Crippen LogP contribution in [0.15, 0.2) is 12.2 Å². The Balaban J connectivity index is 3.85. The number of rotatable bonds is 8. The molecule has 0 aromatic carbocycles. The van der Waals surface area contributed by atoms with Crippen molar-refractivity contribution in [3.63, 3.8) is 0 Å². The molecule has 1 unspecified atom stereocenters. The zero-order valence-corrected chi connectivity index (χ0v) is 10.8. The molecule has 0 aliphatic carbocycles. The summed E-state index contributed by atoms with van der Waals surface area (Å²) in [5.41, 5.74) is 5.45. The van der Waals surface area contributed by atoms with Crippen LogP contribution < -0.4 is 5.73 Å². The molecule has 0 aromatic rings. The first kappa shape index (κ1) is 16.3. The highest BCUT2D eigenvalue weighted by molar-refractivity contribution is 7.51. The van der Waals surface area contributed by atoms with E-state index in [0.29, 0.717) is 6.61 Å². The molecule has 1 atom stereocenters. The molecule has 0 aliphatic heterocycles. The first-order valence-corrected chi connectivity index (χ1v) is 7.30. The zero-order chi connectivity index (χ0) is 13.3. The van der Waals surface area contributed by atoms with Gasteiger partial charge in [0.25, 0.3) is 0 Å². The van der Waals surface area contributed by atoms with Crippen molar-refractivity contribution in [3.8, 4) is 0 Å². The lowest BCUT2D eigenvalue weighted by Crippen LogP contribution is -2.30. The van der Waals surface area contributed by atoms with Crippen molar-refractivity contribution < 1.29 is 23.9 Å². The van der Waals surface area contributed by atoms with E-state index in [9.17, 15) is 9.36 Å². The number of hydrogen-bond donors (Lipinski definition) is 3. The molecule has 0 radical (unpaired) electrons. The molecule has 0 fully saturated rings. The van der Waals surface area contributed by atoms with Gasteiger partial charge in [0.05, 0.1) is 12.8 Å². The lowest BCUT2D eigenvalue weighted by molar-refractivity contribution is -0.144. The van der Waals surface area contributed by atoms with E-state index < -0.39 is 25.8 Å². The number of nitrogens with two attached hydrogens (primary N) is 1. The van der Waals surface area contributed by atoms with Crippen LogP contribution in [0, 0.1) is 0 Å². The number of allylic oxidation sites excluding steroid dienone is 1. The minimum Gasteiger partial charge on any atom is -0.464 e. The van der Waals surface area contributed by atoms with Crippen LogP contribution >= 0.6 is 7.60 Å². The zero-order valence-electron chi connectivity index (χ0n) is 9.91. The fraction of sp³-hybridized carbons (Fsp3) is 0.700. The summed E-state index contributed by atoms with van der Waals surface area (Å²) in [5.74, 6) is -0.580. The lowest BCUT2D eigenvalue weighted by Gasteiger charge is -2.07. The molecule has 0 saturated heterocycles. The molecule has 0 rings (SSSR count). The van der Waals surface area contributed by atoms with Crippen molar-refractivity contribution in [1.82, 2.24) is 0 Å². The number of esters is 1. The van der Waals surface area contributed by atoms with Crippen LogP contribution in [-0.4, -0.2) is 34.6 Å². The van der Waals surface area contributed by atoms with E-state index in [0.717, 1.165) is 19.3 Å². The summed E-state index contributed by atoms with van der Waals surface area (Å²) in [7, 11) is -4.08. The molecule has 0 bridgehead atoms. The van der Waals surface area contributed by atoms with Gasteiger partial charge in [0.1, 0.15) is 6.04 Å². The van der Waals surface area contributed by atoms with E-state index in [1.807, 2.05) is 6.92 Å². The van der Waals surface area contributed by atoms with Crippen LogP contribution in [-0.2, 0) is 14.1 Å². The normalized spacial score (nSPS) is 13.9. The Labute approximate surface area is 101 Å². The fourth-order valence-corrected chi connectivity index (χ4v) is 1.44. The molecular weight excluding hydrogens is 245 g/mol. The maximum atomic E-state index is 11.3. The second-order valence-corrected chi connectivity index (χ2v) is 5.37. The highest BCUT2D eigenvalue weighted by atomic mass is 31.2. The topological polar surface area (TPSA) is 110 Å². The Kier molecular flexibility index (Phi) is 8.08. The van der Waals surface area contributed by atoms with Crippen LogP contribution in [0.25, 0.3) is 0 Å². The van der Waals surface area contributed by atoms with E-state index in [1.54, 1.807) is 0 Å². The largest absolute Gasteiger partial charge is 0.464 e. The summed E-state index contributed by atoms with van der Waals surface area (Å²) in [6.45, 7) is 2.37. The van der Waals surface area contributed by atoms with E-state index >= 15 is 0 Å². The van der Waals surface area contributed by atoms with Gasteiger partial charge < -0.3 is 20.3 Å². The third-order valence-electron chi connectivity index (χ3n) is 1.95. The molecule has 6 nitrogen and oxygen atoms in total. The smallest absolute Gasteiger partial charge is 0.329 e. The number of carbonyl (C=O) groups is 1. The Morgan fingerprint density at radius 2 is 2.12 bits per heavy atom. The predicted molar refractivity (Wildman–Crippen MR) is 64.5 cm³/mol. The second kappa shape index (κ2) is 8.42. The quantitative estimate of drug-likeness (QED) is 0.259. The van der Waals surface area contributed by atoms with Crippen LogP contribution in [0.4, 0.5) is 0 Å². The van der Waals surface area contributed by atoms with Crippen molar-refractivity contribution in [2.24, 2.45) is 5.73 Å². The van der Waals surface area contributed by atoms with Crippen LogP contribution in [0.5, 0.6) is 0 Å². The van der Waals surface area contributed by atoms with Gasteiger partial charge >= 0.3 is 13.6 Å². The summed E-state index contributed by atoms with van der Waals surface area (Å²) < 4.78 is 15.4. The summed E-state index contributed by atoms with van der Waals surface area (Å²) in [6.07, 6.45) is 4.81. The molecule has 17 heavy (non-hydrogen) atoms. The van der Waals surface area contributed by atoms with E-state index in [2.05, 4.69) is 0 Å². The first-order chi connectivity index (χ1) is 7.87. The molecule has 0 amide bonds. The molecule has 100 valence electrons. The molecule has 0 aromatic heterocycles. The summed E-state index contributed by atoms with van der Waals surface area (Å²) in [4.78, 5) is 28.4. The average Bonchev–Trinajstić information content (AvgIpc) is 2.22. The van der Waals surface area contributed by atoms with Crippen LogP contribution in [0.1, 0.15) is 26.2 Å². The molecule has 4 N–H and O–H groups in total. The van der Waals surface area contributed by atoms with Crippen molar-refractivity contribution in [2.75, 3.05) is 12.8 Å². The van der Waals surface area contributed by atoms with Crippen LogP contribution in [0.2, 0.25) is 0 Å². The first-order valence-electron chi connectivity index (χ1n) is 5.50. The third-order valence-corrected chi connectivity index (χ3v) is 2.64. The minimum atomic E-state index is -4.08. The van der Waals surface area contributed by atoms with Crippen molar-refractivity contribution in [3.05, 3.63) is 12.2 Å². The highest BCUT2D eigenvalue weighted by Gasteiger charge is 2.13.